The number of carbonyl (C=O) groups is 2. The molecule has 0 radical (unpaired) electrons. The summed E-state index contributed by atoms with van der Waals surface area (Å²) in [7, 11) is 1.56. The van der Waals surface area contributed by atoms with Crippen molar-refractivity contribution in [1.82, 2.24) is 21.3 Å². The van der Waals surface area contributed by atoms with Gasteiger partial charge in [-0.05, 0) is 94.8 Å². The minimum absolute atomic E-state index is 0.114. The molecule has 1 saturated heterocycles. The summed E-state index contributed by atoms with van der Waals surface area (Å²) in [4.78, 5) is 23.4. The Morgan fingerprint density at radius 2 is 1.57 bits per heavy atom. The van der Waals surface area contributed by atoms with E-state index in [1.807, 2.05) is 30.3 Å². The first-order valence-electron chi connectivity index (χ1n) is 12.9. The number of hydrogen-bond acceptors (Lipinski definition) is 8. The second kappa shape index (κ2) is 18.1. The maximum Gasteiger partial charge on any atom is 0.329 e. The van der Waals surface area contributed by atoms with Gasteiger partial charge in [0.25, 0.3) is 0 Å². The fraction of sp³-hybridized carbons (Fsp3) is 0.481. The highest BCUT2D eigenvalue weighted by Crippen LogP contribution is 2.26. The highest BCUT2D eigenvalue weighted by Gasteiger charge is 2.27. The summed E-state index contributed by atoms with van der Waals surface area (Å²) in [5.74, 6) is 0.447. The molecule has 2 aromatic carbocycles. The van der Waals surface area contributed by atoms with Crippen LogP contribution in [0.2, 0.25) is 0 Å². The molecule has 0 saturated carbocycles. The van der Waals surface area contributed by atoms with Crippen LogP contribution in [0.1, 0.15) is 31.2 Å². The zero-order valence-corrected chi connectivity index (χ0v) is 21.8. The number of para-hydroxylation sites is 1. The lowest BCUT2D eigenvalue weighted by Gasteiger charge is -2.11. The smallest absolute Gasteiger partial charge is 0.329 e. The summed E-state index contributed by atoms with van der Waals surface area (Å²) in [5.41, 5.74) is 7.29. The molecule has 0 atom stereocenters. The zero-order valence-electron chi connectivity index (χ0n) is 21.8. The molecule has 37 heavy (non-hydrogen) atoms. The molecule has 10 heteroatoms. The van der Waals surface area contributed by atoms with E-state index in [-0.39, 0.29) is 24.2 Å². The number of ether oxygens (including phenoxy) is 1. The van der Waals surface area contributed by atoms with E-state index in [9.17, 15) is 14.7 Å². The molecular formula is C27H42N6O4. The number of benzene rings is 2. The molecule has 1 aliphatic rings. The minimum Gasteiger partial charge on any atom is -0.504 e. The topological polar surface area (TPSA) is 141 Å². The van der Waals surface area contributed by atoms with Gasteiger partial charge in [0, 0.05) is 12.2 Å². The van der Waals surface area contributed by atoms with Gasteiger partial charge in [-0.2, -0.15) is 0 Å². The molecule has 7 N–H and O–H groups in total. The van der Waals surface area contributed by atoms with E-state index in [0.29, 0.717) is 5.75 Å². The monoisotopic (exact) mass is 514 g/mol. The number of aromatic hydroxyl groups is 1. The maximum absolute atomic E-state index is 11.2. The van der Waals surface area contributed by atoms with Gasteiger partial charge in [0.2, 0.25) is 5.91 Å². The third-order valence-corrected chi connectivity index (χ3v) is 5.66. The van der Waals surface area contributed by atoms with Crippen LogP contribution in [-0.4, -0.2) is 70.0 Å². The zero-order chi connectivity index (χ0) is 26.7. The Bertz CT molecular complexity index is 928. The average molecular weight is 515 g/mol. The van der Waals surface area contributed by atoms with Gasteiger partial charge in [-0.25, -0.2) is 4.79 Å². The Kier molecular flexibility index (Phi) is 14.7. The predicted octanol–water partition coefficient (Wildman–Crippen LogP) is 1.93. The van der Waals surface area contributed by atoms with Crippen molar-refractivity contribution in [3.05, 3.63) is 54.1 Å². The largest absolute Gasteiger partial charge is 0.504 e. The van der Waals surface area contributed by atoms with Crippen molar-refractivity contribution < 1.29 is 19.4 Å². The number of nitrogens with two attached hydrogens (primary N) is 1. The van der Waals surface area contributed by atoms with Gasteiger partial charge in [0.15, 0.2) is 11.5 Å². The standard InChI is InChI=1S/C18H34N4O2.C9H8N2O2/c1-24-18-14-16(6-7-17(18)23)15-22-13-5-12-21-10-3-2-9-20-11-4-8-19;12-8-6-11(9(13)10-8)7-4-2-1-3-5-7/h6-7,14,20-23H,2-5,8-13,15,19H2,1H3;1-5H,6H2,(H,10,12,13). The van der Waals surface area contributed by atoms with Crippen molar-refractivity contribution in [2.75, 3.05) is 57.8 Å². The number of amides is 3. The van der Waals surface area contributed by atoms with Gasteiger partial charge in [-0.3, -0.25) is 15.0 Å². The number of phenols is 1. The first kappa shape index (κ1) is 30.0. The van der Waals surface area contributed by atoms with Crippen LogP contribution in [0.3, 0.4) is 0 Å². The Hall–Kier alpha value is -3.18. The number of phenolic OH excluding ortho intramolecular Hbond substituents is 1. The second-order valence-corrected chi connectivity index (χ2v) is 8.66. The normalized spacial score (nSPS) is 12.8. The predicted molar refractivity (Wildman–Crippen MR) is 147 cm³/mol. The van der Waals surface area contributed by atoms with Crippen LogP contribution in [0.5, 0.6) is 11.5 Å². The molecule has 3 amide bonds. The molecule has 1 heterocycles. The first-order chi connectivity index (χ1) is 18.0. The Balaban J connectivity index is 0.000000308. The van der Waals surface area contributed by atoms with E-state index < -0.39 is 0 Å². The molecule has 0 aliphatic carbocycles. The van der Waals surface area contributed by atoms with Crippen LogP contribution >= 0.6 is 0 Å². The van der Waals surface area contributed by atoms with Gasteiger partial charge in [0.05, 0.1) is 7.11 Å². The van der Waals surface area contributed by atoms with Crippen LogP contribution < -0.4 is 36.6 Å². The Morgan fingerprint density at radius 3 is 2.19 bits per heavy atom. The van der Waals surface area contributed by atoms with Crippen LogP contribution in [-0.2, 0) is 11.3 Å². The number of carbonyl (C=O) groups excluding carboxylic acids is 2. The van der Waals surface area contributed by atoms with E-state index in [2.05, 4.69) is 21.3 Å². The van der Waals surface area contributed by atoms with Crippen molar-refractivity contribution in [2.24, 2.45) is 5.73 Å². The number of imide groups is 1. The Morgan fingerprint density at radius 1 is 0.919 bits per heavy atom. The summed E-state index contributed by atoms with van der Waals surface area (Å²) >= 11 is 0. The van der Waals surface area contributed by atoms with Crippen LogP contribution in [0, 0.1) is 0 Å². The molecule has 0 spiro atoms. The van der Waals surface area contributed by atoms with Crippen molar-refractivity contribution in [1.29, 1.82) is 0 Å². The van der Waals surface area contributed by atoms with E-state index >= 15 is 0 Å². The fourth-order valence-corrected chi connectivity index (χ4v) is 3.64. The summed E-state index contributed by atoms with van der Waals surface area (Å²) in [6.07, 6.45) is 4.57. The summed E-state index contributed by atoms with van der Waals surface area (Å²) in [6, 6.07) is 14.2. The van der Waals surface area contributed by atoms with Crippen molar-refractivity contribution >= 4 is 17.6 Å². The minimum atomic E-state index is -0.351. The maximum atomic E-state index is 11.2. The number of unbranched alkanes of at least 4 members (excludes halogenated alkanes) is 1. The van der Waals surface area contributed by atoms with Gasteiger partial charge in [-0.15, -0.1) is 0 Å². The Labute approximate surface area is 219 Å². The van der Waals surface area contributed by atoms with Gasteiger partial charge in [-0.1, -0.05) is 24.3 Å². The molecule has 0 aromatic heterocycles. The molecule has 0 unspecified atom stereocenters. The van der Waals surface area contributed by atoms with E-state index in [0.717, 1.165) is 69.9 Å². The fourth-order valence-electron chi connectivity index (χ4n) is 3.64. The van der Waals surface area contributed by atoms with Crippen molar-refractivity contribution in [3.63, 3.8) is 0 Å². The number of nitrogens with one attached hydrogen (secondary N) is 4. The lowest BCUT2D eigenvalue weighted by molar-refractivity contribution is -0.117. The third kappa shape index (κ3) is 12.1. The summed E-state index contributed by atoms with van der Waals surface area (Å²) < 4.78 is 5.11. The second-order valence-electron chi connectivity index (χ2n) is 8.66. The van der Waals surface area contributed by atoms with Crippen LogP contribution in [0.25, 0.3) is 0 Å². The van der Waals surface area contributed by atoms with Crippen LogP contribution in [0.4, 0.5) is 10.5 Å². The highest BCUT2D eigenvalue weighted by atomic mass is 16.5. The molecular weight excluding hydrogens is 472 g/mol. The number of rotatable bonds is 16. The quantitative estimate of drug-likeness (QED) is 0.147. The number of anilines is 1. The third-order valence-electron chi connectivity index (χ3n) is 5.66. The van der Waals surface area contributed by atoms with Crippen LogP contribution in [0.15, 0.2) is 48.5 Å². The molecule has 2 aromatic rings. The number of methoxy groups -OCH3 is 1. The molecule has 1 aliphatic heterocycles. The lowest BCUT2D eigenvalue weighted by atomic mass is 10.2. The van der Waals surface area contributed by atoms with Gasteiger partial charge < -0.3 is 31.5 Å². The number of urea groups is 1. The van der Waals surface area contributed by atoms with E-state index in [1.165, 1.54) is 17.7 Å². The summed E-state index contributed by atoms with van der Waals surface area (Å²) in [5, 5.41) is 22.0. The average Bonchev–Trinajstić information content (AvgIpc) is 3.26. The van der Waals surface area contributed by atoms with Gasteiger partial charge >= 0.3 is 6.03 Å². The molecule has 3 rings (SSSR count). The molecule has 0 bridgehead atoms. The van der Waals surface area contributed by atoms with Gasteiger partial charge in [0.1, 0.15) is 6.54 Å². The van der Waals surface area contributed by atoms with E-state index in [4.69, 9.17) is 10.5 Å². The number of hydrogen-bond donors (Lipinski definition) is 6. The SMILES string of the molecule is COc1cc(CNCCCNCCCCNCCCN)ccc1O.O=C1CN(c2ccccc2)C(=O)N1. The first-order valence-corrected chi connectivity index (χ1v) is 12.9. The molecule has 204 valence electrons. The molecule has 1 fully saturated rings. The van der Waals surface area contributed by atoms with Crippen molar-refractivity contribution in [2.45, 2.75) is 32.2 Å². The molecule has 10 nitrogen and oxygen atoms in total. The van der Waals surface area contributed by atoms with E-state index in [1.54, 1.807) is 25.3 Å². The summed E-state index contributed by atoms with van der Waals surface area (Å²) in [6.45, 7) is 6.86. The lowest BCUT2D eigenvalue weighted by Crippen LogP contribution is -2.27. The van der Waals surface area contributed by atoms with Crippen molar-refractivity contribution in [3.8, 4) is 11.5 Å². The highest BCUT2D eigenvalue weighted by molar-refractivity contribution is 6.12. The number of nitrogens with zero attached hydrogens (tertiary/aromatic N) is 1.